The van der Waals surface area contributed by atoms with Crippen LogP contribution in [0.5, 0.6) is 0 Å². The number of pyridine rings is 1. The molecule has 1 atom stereocenters. The first-order valence-electron chi connectivity index (χ1n) is 7.87. The van der Waals surface area contributed by atoms with Crippen molar-refractivity contribution in [2.75, 3.05) is 7.05 Å². The number of hydrogen-bond acceptors (Lipinski definition) is 4. The van der Waals surface area contributed by atoms with Crippen LogP contribution in [0.15, 0.2) is 54.9 Å². The summed E-state index contributed by atoms with van der Waals surface area (Å²) in [6, 6.07) is 11.5. The van der Waals surface area contributed by atoms with Crippen LogP contribution in [-0.2, 0) is 6.54 Å². The summed E-state index contributed by atoms with van der Waals surface area (Å²) in [7, 11) is 1.71. The molecule has 2 heterocycles. The number of nitrogens with zero attached hydrogens (tertiary/aromatic N) is 5. The van der Waals surface area contributed by atoms with E-state index >= 15 is 0 Å². The molecule has 0 aliphatic rings. The second-order valence-corrected chi connectivity index (χ2v) is 5.77. The Bertz CT molecular complexity index is 847. The van der Waals surface area contributed by atoms with Crippen LogP contribution in [0.25, 0.3) is 0 Å². The summed E-state index contributed by atoms with van der Waals surface area (Å²) in [4.78, 5) is 18.5. The fraction of sp³-hybridized carbons (Fsp3) is 0.222. The molecule has 0 fully saturated rings. The minimum atomic E-state index is -0.289. The molecular weight excluding hydrogens is 321 g/mol. The molecular formula is C18H18FN5O. The SMILES string of the molecule is C[C@@H](c1ccccn1)N(C)C(=O)c1cn(Cc2ccc(F)cc2)nn1. The van der Waals surface area contributed by atoms with Gasteiger partial charge in [0, 0.05) is 13.2 Å². The molecule has 0 unspecified atom stereocenters. The van der Waals surface area contributed by atoms with Gasteiger partial charge in [-0.05, 0) is 36.8 Å². The minimum absolute atomic E-state index is 0.184. The Morgan fingerprint density at radius 3 is 2.68 bits per heavy atom. The van der Waals surface area contributed by atoms with Gasteiger partial charge in [-0.25, -0.2) is 9.07 Å². The van der Waals surface area contributed by atoms with E-state index in [1.807, 2.05) is 25.1 Å². The molecule has 3 aromatic rings. The molecule has 0 spiro atoms. The van der Waals surface area contributed by atoms with E-state index in [9.17, 15) is 9.18 Å². The Labute approximate surface area is 144 Å². The Hall–Kier alpha value is -3.09. The number of carbonyl (C=O) groups is 1. The smallest absolute Gasteiger partial charge is 0.276 e. The minimum Gasteiger partial charge on any atom is -0.332 e. The third-order valence-corrected chi connectivity index (χ3v) is 4.03. The van der Waals surface area contributed by atoms with Crippen LogP contribution in [0.1, 0.15) is 34.7 Å². The predicted octanol–water partition coefficient (Wildman–Crippen LogP) is 2.69. The van der Waals surface area contributed by atoms with Gasteiger partial charge < -0.3 is 4.90 Å². The lowest BCUT2D eigenvalue weighted by Crippen LogP contribution is -2.30. The zero-order chi connectivity index (χ0) is 17.8. The van der Waals surface area contributed by atoms with Crippen LogP contribution >= 0.6 is 0 Å². The lowest BCUT2D eigenvalue weighted by atomic mass is 10.2. The van der Waals surface area contributed by atoms with Crippen molar-refractivity contribution in [3.63, 3.8) is 0 Å². The predicted molar refractivity (Wildman–Crippen MR) is 90.3 cm³/mol. The summed E-state index contributed by atoms with van der Waals surface area (Å²) in [5.41, 5.74) is 1.94. The molecule has 0 radical (unpaired) electrons. The first kappa shape index (κ1) is 16.8. The van der Waals surface area contributed by atoms with E-state index in [2.05, 4.69) is 15.3 Å². The molecule has 6 nitrogen and oxygen atoms in total. The van der Waals surface area contributed by atoms with Crippen molar-refractivity contribution >= 4 is 5.91 Å². The second kappa shape index (κ2) is 7.21. The maximum Gasteiger partial charge on any atom is 0.276 e. The van der Waals surface area contributed by atoms with E-state index in [-0.39, 0.29) is 23.5 Å². The molecule has 1 amide bonds. The molecule has 3 rings (SSSR count). The summed E-state index contributed by atoms with van der Waals surface area (Å²) >= 11 is 0. The highest BCUT2D eigenvalue weighted by Crippen LogP contribution is 2.17. The van der Waals surface area contributed by atoms with E-state index in [0.29, 0.717) is 6.54 Å². The number of carbonyl (C=O) groups excluding carboxylic acids is 1. The molecule has 7 heteroatoms. The van der Waals surface area contributed by atoms with Gasteiger partial charge in [0.1, 0.15) is 5.82 Å². The average molecular weight is 339 g/mol. The van der Waals surface area contributed by atoms with E-state index < -0.39 is 0 Å². The normalized spacial score (nSPS) is 12.0. The Morgan fingerprint density at radius 1 is 1.24 bits per heavy atom. The largest absolute Gasteiger partial charge is 0.332 e. The molecule has 25 heavy (non-hydrogen) atoms. The van der Waals surface area contributed by atoms with E-state index in [0.717, 1.165) is 11.3 Å². The van der Waals surface area contributed by atoms with Crippen LogP contribution in [0.4, 0.5) is 4.39 Å². The molecule has 0 bridgehead atoms. The zero-order valence-electron chi connectivity index (χ0n) is 14.0. The Balaban J connectivity index is 1.70. The van der Waals surface area contributed by atoms with Crippen molar-refractivity contribution in [1.29, 1.82) is 0 Å². The highest BCUT2D eigenvalue weighted by molar-refractivity contribution is 5.92. The average Bonchev–Trinajstić information content (AvgIpc) is 3.11. The first-order valence-corrected chi connectivity index (χ1v) is 7.87. The number of amides is 1. The molecule has 128 valence electrons. The number of hydrogen-bond donors (Lipinski definition) is 0. The fourth-order valence-electron chi connectivity index (χ4n) is 2.43. The quantitative estimate of drug-likeness (QED) is 0.717. The first-order chi connectivity index (χ1) is 12.0. The summed E-state index contributed by atoms with van der Waals surface area (Å²) in [5, 5.41) is 7.93. The number of aromatic nitrogens is 4. The monoisotopic (exact) mass is 339 g/mol. The van der Waals surface area contributed by atoms with Crippen molar-refractivity contribution < 1.29 is 9.18 Å². The molecule has 0 aliphatic carbocycles. The van der Waals surface area contributed by atoms with Crippen LogP contribution in [0.3, 0.4) is 0 Å². The molecule has 0 N–H and O–H groups in total. The van der Waals surface area contributed by atoms with Gasteiger partial charge in [-0.2, -0.15) is 0 Å². The third kappa shape index (κ3) is 3.88. The number of benzene rings is 1. The van der Waals surface area contributed by atoms with Crippen LogP contribution in [0.2, 0.25) is 0 Å². The standard InChI is InChI=1S/C18H18FN5O/c1-13(16-5-3-4-10-20-16)23(2)18(25)17-12-24(22-21-17)11-14-6-8-15(19)9-7-14/h3-10,12-13H,11H2,1-2H3/t13-/m0/s1. The van der Waals surface area contributed by atoms with Crippen molar-refractivity contribution in [1.82, 2.24) is 24.9 Å². The maximum absolute atomic E-state index is 12.9. The molecule has 0 saturated heterocycles. The lowest BCUT2D eigenvalue weighted by Gasteiger charge is -2.23. The molecule has 2 aromatic heterocycles. The van der Waals surface area contributed by atoms with Gasteiger partial charge in [0.2, 0.25) is 0 Å². The summed E-state index contributed by atoms with van der Waals surface area (Å²) in [6.07, 6.45) is 3.29. The van der Waals surface area contributed by atoms with Gasteiger partial charge >= 0.3 is 0 Å². The van der Waals surface area contributed by atoms with E-state index in [4.69, 9.17) is 0 Å². The van der Waals surface area contributed by atoms with Crippen LogP contribution in [-0.4, -0.2) is 37.8 Å². The zero-order valence-corrected chi connectivity index (χ0v) is 14.0. The van der Waals surface area contributed by atoms with Gasteiger partial charge in [-0.15, -0.1) is 5.10 Å². The Morgan fingerprint density at radius 2 is 2.00 bits per heavy atom. The Kier molecular flexibility index (Phi) is 4.83. The molecule has 1 aromatic carbocycles. The fourth-order valence-corrected chi connectivity index (χ4v) is 2.43. The maximum atomic E-state index is 12.9. The molecule has 0 saturated carbocycles. The van der Waals surface area contributed by atoms with E-state index in [1.165, 1.54) is 12.1 Å². The van der Waals surface area contributed by atoms with Crippen LogP contribution in [0, 0.1) is 5.82 Å². The lowest BCUT2D eigenvalue weighted by molar-refractivity contribution is 0.0733. The van der Waals surface area contributed by atoms with Gasteiger partial charge in [0.05, 0.1) is 24.5 Å². The van der Waals surface area contributed by atoms with Gasteiger partial charge in [0.25, 0.3) is 5.91 Å². The van der Waals surface area contributed by atoms with Crippen LogP contribution < -0.4 is 0 Å². The number of rotatable bonds is 5. The highest BCUT2D eigenvalue weighted by Gasteiger charge is 2.22. The number of halogens is 1. The third-order valence-electron chi connectivity index (χ3n) is 4.03. The van der Waals surface area contributed by atoms with Crippen molar-refractivity contribution in [2.24, 2.45) is 0 Å². The van der Waals surface area contributed by atoms with E-state index in [1.54, 1.807) is 41.2 Å². The second-order valence-electron chi connectivity index (χ2n) is 5.77. The van der Waals surface area contributed by atoms with Crippen molar-refractivity contribution in [3.8, 4) is 0 Å². The van der Waals surface area contributed by atoms with Crippen molar-refractivity contribution in [3.05, 3.63) is 77.6 Å². The van der Waals surface area contributed by atoms with Gasteiger partial charge in [-0.1, -0.05) is 23.4 Å². The highest BCUT2D eigenvalue weighted by atomic mass is 19.1. The van der Waals surface area contributed by atoms with Crippen molar-refractivity contribution in [2.45, 2.75) is 19.5 Å². The molecule has 0 aliphatic heterocycles. The van der Waals surface area contributed by atoms with Gasteiger partial charge in [0.15, 0.2) is 5.69 Å². The van der Waals surface area contributed by atoms with Gasteiger partial charge in [-0.3, -0.25) is 9.78 Å². The topological polar surface area (TPSA) is 63.9 Å². The summed E-state index contributed by atoms with van der Waals surface area (Å²) < 4.78 is 14.5. The summed E-state index contributed by atoms with van der Waals surface area (Å²) in [5.74, 6) is -0.521. The summed E-state index contributed by atoms with van der Waals surface area (Å²) in [6.45, 7) is 2.32.